The monoisotopic (exact) mass is 285 g/mol. The molecular formula is C19H27NO. The first-order valence-corrected chi connectivity index (χ1v) is 8.66. The number of carbonyl (C=O) groups excluding carboxylic acids is 1. The normalized spacial score (nSPS) is 25.3. The summed E-state index contributed by atoms with van der Waals surface area (Å²) in [5.74, 6) is 1.16. The van der Waals surface area contributed by atoms with Gasteiger partial charge >= 0.3 is 0 Å². The standard InChI is InChI=1S/C19H27NO/c1-2-17(19(21)16-11-4-3-5-12-16)20-14-8-13-18(20)15-9-6-7-10-15/h3-5,11-12,15,17-18H,2,6-10,13-14H2,1H3. The molecule has 1 heterocycles. The zero-order valence-electron chi connectivity index (χ0n) is 13.1. The number of carbonyl (C=O) groups is 1. The van der Waals surface area contributed by atoms with E-state index < -0.39 is 0 Å². The van der Waals surface area contributed by atoms with Gasteiger partial charge in [-0.1, -0.05) is 50.1 Å². The summed E-state index contributed by atoms with van der Waals surface area (Å²) in [6.07, 6.45) is 9.00. The van der Waals surface area contributed by atoms with Crippen LogP contribution >= 0.6 is 0 Å². The highest BCUT2D eigenvalue weighted by molar-refractivity contribution is 6.00. The molecule has 2 heteroatoms. The first-order chi connectivity index (χ1) is 10.3. The van der Waals surface area contributed by atoms with Crippen LogP contribution in [0.4, 0.5) is 0 Å². The third-order valence-corrected chi connectivity index (χ3v) is 5.43. The molecule has 1 aliphatic carbocycles. The molecular weight excluding hydrogens is 258 g/mol. The third kappa shape index (κ3) is 3.06. The Morgan fingerprint density at radius 3 is 2.52 bits per heavy atom. The Bertz CT molecular complexity index is 464. The quantitative estimate of drug-likeness (QED) is 0.752. The fourth-order valence-electron chi connectivity index (χ4n) is 4.42. The van der Waals surface area contributed by atoms with E-state index in [1.165, 1.54) is 38.5 Å². The Morgan fingerprint density at radius 1 is 1.14 bits per heavy atom. The van der Waals surface area contributed by atoms with E-state index in [9.17, 15) is 4.79 Å². The summed E-state index contributed by atoms with van der Waals surface area (Å²) in [5, 5.41) is 0. The van der Waals surface area contributed by atoms with Crippen LogP contribution in [0.3, 0.4) is 0 Å². The van der Waals surface area contributed by atoms with Gasteiger partial charge in [0, 0.05) is 11.6 Å². The zero-order valence-corrected chi connectivity index (χ0v) is 13.1. The topological polar surface area (TPSA) is 20.3 Å². The molecule has 1 aliphatic heterocycles. The Hall–Kier alpha value is -1.15. The van der Waals surface area contributed by atoms with Crippen LogP contribution in [0.15, 0.2) is 30.3 Å². The van der Waals surface area contributed by atoms with E-state index in [2.05, 4.69) is 11.8 Å². The third-order valence-electron chi connectivity index (χ3n) is 5.43. The van der Waals surface area contributed by atoms with Gasteiger partial charge in [-0.15, -0.1) is 0 Å². The summed E-state index contributed by atoms with van der Waals surface area (Å²) < 4.78 is 0. The summed E-state index contributed by atoms with van der Waals surface area (Å²) >= 11 is 0. The van der Waals surface area contributed by atoms with Gasteiger partial charge in [0.05, 0.1) is 6.04 Å². The van der Waals surface area contributed by atoms with Crippen LogP contribution in [0.5, 0.6) is 0 Å². The van der Waals surface area contributed by atoms with E-state index in [0.717, 1.165) is 24.4 Å². The molecule has 1 saturated carbocycles. The molecule has 0 N–H and O–H groups in total. The predicted molar refractivity (Wildman–Crippen MR) is 86.5 cm³/mol. The Kier molecular flexibility index (Phi) is 4.74. The average Bonchev–Trinajstić information content (AvgIpc) is 3.19. The second-order valence-corrected chi connectivity index (χ2v) is 6.65. The lowest BCUT2D eigenvalue weighted by molar-refractivity contribution is 0.0733. The summed E-state index contributed by atoms with van der Waals surface area (Å²) in [4.78, 5) is 15.4. The highest BCUT2D eigenvalue weighted by Gasteiger charge is 2.38. The van der Waals surface area contributed by atoms with E-state index in [4.69, 9.17) is 0 Å². The Labute approximate surface area is 128 Å². The van der Waals surface area contributed by atoms with Crippen LogP contribution < -0.4 is 0 Å². The molecule has 0 radical (unpaired) electrons. The second-order valence-electron chi connectivity index (χ2n) is 6.65. The lowest BCUT2D eigenvalue weighted by Gasteiger charge is -2.35. The molecule has 0 amide bonds. The molecule has 114 valence electrons. The zero-order chi connectivity index (χ0) is 14.7. The van der Waals surface area contributed by atoms with Crippen molar-refractivity contribution in [2.24, 2.45) is 5.92 Å². The molecule has 21 heavy (non-hydrogen) atoms. The SMILES string of the molecule is CCC(C(=O)c1ccccc1)N1CCCC1C1CCCC1. The van der Waals surface area contributed by atoms with Crippen molar-refractivity contribution in [3.05, 3.63) is 35.9 Å². The smallest absolute Gasteiger partial charge is 0.179 e. The van der Waals surface area contributed by atoms with Gasteiger partial charge in [-0.25, -0.2) is 0 Å². The van der Waals surface area contributed by atoms with Crippen LogP contribution in [0.25, 0.3) is 0 Å². The number of rotatable bonds is 5. The van der Waals surface area contributed by atoms with Gasteiger partial charge in [0.25, 0.3) is 0 Å². The Balaban J connectivity index is 1.77. The van der Waals surface area contributed by atoms with E-state index in [1.807, 2.05) is 30.3 Å². The van der Waals surface area contributed by atoms with E-state index in [0.29, 0.717) is 11.8 Å². The molecule has 0 aromatic heterocycles. The second kappa shape index (κ2) is 6.74. The minimum atomic E-state index is 0.0838. The maximum Gasteiger partial charge on any atom is 0.179 e. The summed E-state index contributed by atoms with van der Waals surface area (Å²) in [6, 6.07) is 10.6. The van der Waals surface area contributed by atoms with Crippen molar-refractivity contribution in [2.45, 2.75) is 64.0 Å². The number of hydrogen-bond donors (Lipinski definition) is 0. The number of Topliss-reactive ketones (excluding diaryl/α,β-unsaturated/α-hetero) is 1. The van der Waals surface area contributed by atoms with E-state index in [-0.39, 0.29) is 6.04 Å². The van der Waals surface area contributed by atoms with Crippen molar-refractivity contribution >= 4 is 5.78 Å². The van der Waals surface area contributed by atoms with Crippen molar-refractivity contribution in [1.29, 1.82) is 0 Å². The average molecular weight is 285 g/mol. The van der Waals surface area contributed by atoms with Crippen molar-refractivity contribution < 1.29 is 4.79 Å². The van der Waals surface area contributed by atoms with E-state index in [1.54, 1.807) is 0 Å². The predicted octanol–water partition coefficient (Wildman–Crippen LogP) is 4.30. The van der Waals surface area contributed by atoms with Gasteiger partial charge < -0.3 is 0 Å². The van der Waals surface area contributed by atoms with Crippen LogP contribution in [-0.2, 0) is 0 Å². The first kappa shape index (κ1) is 14.8. The van der Waals surface area contributed by atoms with Gasteiger partial charge in [0.1, 0.15) is 0 Å². The first-order valence-electron chi connectivity index (χ1n) is 8.66. The number of likely N-dealkylation sites (tertiary alicyclic amines) is 1. The minimum Gasteiger partial charge on any atom is -0.292 e. The number of hydrogen-bond acceptors (Lipinski definition) is 2. The fourth-order valence-corrected chi connectivity index (χ4v) is 4.42. The lowest BCUT2D eigenvalue weighted by Crippen LogP contribution is -2.46. The molecule has 2 fully saturated rings. The fraction of sp³-hybridized carbons (Fsp3) is 0.632. The summed E-state index contributed by atoms with van der Waals surface area (Å²) in [7, 11) is 0. The van der Waals surface area contributed by atoms with Crippen LogP contribution in [0.1, 0.15) is 62.2 Å². The number of nitrogens with zero attached hydrogens (tertiary/aromatic N) is 1. The van der Waals surface area contributed by atoms with E-state index >= 15 is 0 Å². The maximum atomic E-state index is 12.9. The highest BCUT2D eigenvalue weighted by Crippen LogP contribution is 2.37. The Morgan fingerprint density at radius 2 is 1.86 bits per heavy atom. The van der Waals surface area contributed by atoms with Gasteiger partial charge in [-0.3, -0.25) is 9.69 Å². The number of benzene rings is 1. The molecule has 0 bridgehead atoms. The molecule has 2 aliphatic rings. The summed E-state index contributed by atoms with van der Waals surface area (Å²) in [6.45, 7) is 3.27. The molecule has 1 saturated heterocycles. The molecule has 2 unspecified atom stereocenters. The van der Waals surface area contributed by atoms with Gasteiger partial charge in [-0.05, 0) is 44.6 Å². The highest BCUT2D eigenvalue weighted by atomic mass is 16.1. The van der Waals surface area contributed by atoms with Crippen LogP contribution in [0.2, 0.25) is 0 Å². The van der Waals surface area contributed by atoms with Crippen molar-refractivity contribution in [2.75, 3.05) is 6.54 Å². The van der Waals surface area contributed by atoms with Gasteiger partial charge in [0.15, 0.2) is 5.78 Å². The number of ketones is 1. The molecule has 2 nitrogen and oxygen atoms in total. The largest absolute Gasteiger partial charge is 0.292 e. The molecule has 3 rings (SSSR count). The molecule has 0 spiro atoms. The van der Waals surface area contributed by atoms with Gasteiger partial charge in [0.2, 0.25) is 0 Å². The summed E-state index contributed by atoms with van der Waals surface area (Å²) in [5.41, 5.74) is 0.876. The minimum absolute atomic E-state index is 0.0838. The van der Waals surface area contributed by atoms with Crippen LogP contribution in [-0.4, -0.2) is 29.3 Å². The molecule has 2 atom stereocenters. The van der Waals surface area contributed by atoms with Crippen LogP contribution in [0, 0.1) is 5.92 Å². The van der Waals surface area contributed by atoms with Crippen molar-refractivity contribution in [1.82, 2.24) is 4.90 Å². The van der Waals surface area contributed by atoms with Crippen molar-refractivity contribution in [3.63, 3.8) is 0 Å². The molecule has 1 aromatic carbocycles. The molecule has 1 aromatic rings. The maximum absolute atomic E-state index is 12.9. The lowest BCUT2D eigenvalue weighted by atomic mass is 9.93. The van der Waals surface area contributed by atoms with Crippen molar-refractivity contribution in [3.8, 4) is 0 Å². The van der Waals surface area contributed by atoms with Gasteiger partial charge in [-0.2, -0.15) is 0 Å².